The molecular weight excluding hydrogens is 318 g/mol. The number of rotatable bonds is 2. The normalized spacial score (nSPS) is 26.0. The van der Waals surface area contributed by atoms with E-state index in [4.69, 9.17) is 0 Å². The van der Waals surface area contributed by atoms with Crippen molar-refractivity contribution < 1.29 is 4.79 Å². The fraction of sp³-hybridized carbons (Fsp3) is 0.292. The highest BCUT2D eigenvalue weighted by molar-refractivity contribution is 6.16. The van der Waals surface area contributed by atoms with Crippen molar-refractivity contribution in [3.05, 3.63) is 81.9 Å². The molecule has 2 heterocycles. The van der Waals surface area contributed by atoms with E-state index < -0.39 is 0 Å². The van der Waals surface area contributed by atoms with Gasteiger partial charge in [-0.3, -0.25) is 9.69 Å². The van der Waals surface area contributed by atoms with E-state index in [0.717, 1.165) is 35.1 Å². The zero-order chi connectivity index (χ0) is 18.3. The summed E-state index contributed by atoms with van der Waals surface area (Å²) in [5.74, 6) is 0.219. The first-order valence-corrected chi connectivity index (χ1v) is 9.36. The monoisotopic (exact) mass is 343 g/mol. The molecule has 2 bridgehead atoms. The summed E-state index contributed by atoms with van der Waals surface area (Å²) in [5, 5.41) is 0. The molecule has 0 amide bonds. The van der Waals surface area contributed by atoms with E-state index in [-0.39, 0.29) is 17.9 Å². The van der Waals surface area contributed by atoms with Crippen molar-refractivity contribution in [2.75, 3.05) is 7.05 Å². The Kier molecular flexibility index (Phi) is 4.37. The predicted molar refractivity (Wildman–Crippen MR) is 108 cm³/mol. The van der Waals surface area contributed by atoms with Crippen LogP contribution in [0.4, 0.5) is 0 Å². The smallest absolute Gasteiger partial charge is 0.188 e. The van der Waals surface area contributed by atoms with Crippen molar-refractivity contribution in [2.45, 2.75) is 38.8 Å². The van der Waals surface area contributed by atoms with Crippen molar-refractivity contribution in [3.63, 3.8) is 0 Å². The molecule has 0 spiro atoms. The molecule has 132 valence electrons. The van der Waals surface area contributed by atoms with Crippen LogP contribution in [-0.4, -0.2) is 29.8 Å². The van der Waals surface area contributed by atoms with Gasteiger partial charge >= 0.3 is 0 Å². The average Bonchev–Trinajstić information content (AvgIpc) is 2.94. The van der Waals surface area contributed by atoms with Crippen LogP contribution in [0.2, 0.25) is 0 Å². The molecule has 4 rings (SSSR count). The summed E-state index contributed by atoms with van der Waals surface area (Å²) < 4.78 is 0. The molecule has 2 heteroatoms. The second-order valence-corrected chi connectivity index (χ2v) is 7.62. The van der Waals surface area contributed by atoms with Crippen LogP contribution in [0, 0.1) is 13.8 Å². The van der Waals surface area contributed by atoms with Crippen LogP contribution < -0.4 is 0 Å². The van der Waals surface area contributed by atoms with Crippen LogP contribution in [0.3, 0.4) is 0 Å². The number of benzene rings is 2. The molecule has 2 aliphatic heterocycles. The molecule has 0 radical (unpaired) electrons. The van der Waals surface area contributed by atoms with E-state index in [2.05, 4.69) is 86.5 Å². The van der Waals surface area contributed by atoms with Crippen molar-refractivity contribution in [3.8, 4) is 0 Å². The Labute approximate surface area is 155 Å². The third-order valence-electron chi connectivity index (χ3n) is 5.74. The Hall–Kier alpha value is -2.45. The summed E-state index contributed by atoms with van der Waals surface area (Å²) in [6.45, 7) is 4.17. The molecule has 0 saturated carbocycles. The van der Waals surface area contributed by atoms with E-state index in [1.165, 1.54) is 11.1 Å². The summed E-state index contributed by atoms with van der Waals surface area (Å²) in [6.07, 6.45) is 6.28. The second-order valence-electron chi connectivity index (χ2n) is 7.62. The summed E-state index contributed by atoms with van der Waals surface area (Å²) in [6, 6.07) is 17.3. The number of fused-ring (bicyclic) bond motifs is 2. The molecule has 2 aromatic rings. The fourth-order valence-corrected chi connectivity index (χ4v) is 4.17. The molecule has 0 N–H and O–H groups in total. The molecule has 2 fully saturated rings. The largest absolute Gasteiger partial charge is 0.292 e. The van der Waals surface area contributed by atoms with E-state index in [9.17, 15) is 4.79 Å². The number of hydrogen-bond acceptors (Lipinski definition) is 2. The van der Waals surface area contributed by atoms with Crippen molar-refractivity contribution in [1.82, 2.24) is 4.90 Å². The van der Waals surface area contributed by atoms with E-state index in [1.54, 1.807) is 0 Å². The van der Waals surface area contributed by atoms with Gasteiger partial charge in [0, 0.05) is 23.2 Å². The zero-order valence-corrected chi connectivity index (χ0v) is 15.7. The van der Waals surface area contributed by atoms with Gasteiger partial charge in [0.15, 0.2) is 5.78 Å². The highest BCUT2D eigenvalue weighted by atomic mass is 16.1. The zero-order valence-electron chi connectivity index (χ0n) is 15.7. The van der Waals surface area contributed by atoms with Gasteiger partial charge in [0.2, 0.25) is 0 Å². The number of likely N-dealkylation sites (N-methyl/N-ethyl adjacent to an activating group) is 1. The number of piperidine rings is 1. The first kappa shape index (κ1) is 17.0. The lowest BCUT2D eigenvalue weighted by molar-refractivity contribution is -0.114. The van der Waals surface area contributed by atoms with Gasteiger partial charge < -0.3 is 0 Å². The Morgan fingerprint density at radius 1 is 0.769 bits per heavy atom. The van der Waals surface area contributed by atoms with Gasteiger partial charge in [-0.25, -0.2) is 0 Å². The molecule has 2 aromatic carbocycles. The van der Waals surface area contributed by atoms with Crippen molar-refractivity contribution >= 4 is 17.9 Å². The van der Waals surface area contributed by atoms with Crippen LogP contribution in [-0.2, 0) is 4.79 Å². The Morgan fingerprint density at radius 3 is 1.54 bits per heavy atom. The molecular formula is C24H25NO. The third-order valence-corrected chi connectivity index (χ3v) is 5.74. The van der Waals surface area contributed by atoms with E-state index >= 15 is 0 Å². The lowest BCUT2D eigenvalue weighted by Gasteiger charge is -2.34. The van der Waals surface area contributed by atoms with Crippen molar-refractivity contribution in [2.24, 2.45) is 0 Å². The van der Waals surface area contributed by atoms with Gasteiger partial charge in [-0.05, 0) is 57.0 Å². The van der Waals surface area contributed by atoms with Gasteiger partial charge in [0.25, 0.3) is 0 Å². The predicted octanol–water partition coefficient (Wildman–Crippen LogP) is 4.82. The molecule has 26 heavy (non-hydrogen) atoms. The number of carbonyl (C=O) groups excluding carboxylic acids is 1. The standard InChI is InChI=1S/C24H25NO/c1-16-4-8-18(9-5-16)14-20-22-12-13-23(25(22)3)21(24(20)26)15-19-10-6-17(2)7-11-19/h4-11,14-15,22-23H,12-13H2,1-3H3. The Bertz CT molecular complexity index is 813. The van der Waals surface area contributed by atoms with Crippen LogP contribution >= 0.6 is 0 Å². The molecule has 0 aliphatic carbocycles. The quantitative estimate of drug-likeness (QED) is 0.729. The van der Waals surface area contributed by atoms with Gasteiger partial charge in [-0.15, -0.1) is 0 Å². The molecule has 2 nitrogen and oxygen atoms in total. The number of nitrogens with zero attached hydrogens (tertiary/aromatic N) is 1. The van der Waals surface area contributed by atoms with Gasteiger partial charge in [-0.1, -0.05) is 59.7 Å². The first-order valence-electron chi connectivity index (χ1n) is 9.36. The number of carbonyl (C=O) groups is 1. The minimum atomic E-state index is 0.219. The fourth-order valence-electron chi connectivity index (χ4n) is 4.17. The number of aryl methyl sites for hydroxylation is 2. The number of hydrogen-bond donors (Lipinski definition) is 0. The van der Waals surface area contributed by atoms with Gasteiger partial charge in [-0.2, -0.15) is 0 Å². The lowest BCUT2D eigenvalue weighted by Crippen LogP contribution is -2.43. The van der Waals surface area contributed by atoms with Crippen LogP contribution in [0.5, 0.6) is 0 Å². The minimum Gasteiger partial charge on any atom is -0.292 e. The average molecular weight is 343 g/mol. The SMILES string of the molecule is Cc1ccc(C=C2C(=O)C(=Cc3ccc(C)cc3)C3CCC2N3C)cc1. The summed E-state index contributed by atoms with van der Waals surface area (Å²) in [5.41, 5.74) is 6.55. The van der Waals surface area contributed by atoms with Crippen LogP contribution in [0.25, 0.3) is 12.2 Å². The Morgan fingerprint density at radius 2 is 1.15 bits per heavy atom. The highest BCUT2D eigenvalue weighted by Gasteiger charge is 2.44. The summed E-state index contributed by atoms with van der Waals surface area (Å²) in [7, 11) is 2.15. The molecule has 2 unspecified atom stereocenters. The number of ketones is 1. The third kappa shape index (κ3) is 3.06. The molecule has 2 aliphatic rings. The van der Waals surface area contributed by atoms with E-state index in [1.807, 2.05) is 0 Å². The molecule has 2 saturated heterocycles. The molecule has 0 aromatic heterocycles. The minimum absolute atomic E-state index is 0.219. The topological polar surface area (TPSA) is 20.3 Å². The van der Waals surface area contributed by atoms with Gasteiger partial charge in [0.05, 0.1) is 0 Å². The highest BCUT2D eigenvalue weighted by Crippen LogP contribution is 2.40. The van der Waals surface area contributed by atoms with Crippen molar-refractivity contribution in [1.29, 1.82) is 0 Å². The first-order chi connectivity index (χ1) is 12.5. The van der Waals surface area contributed by atoms with Crippen LogP contribution in [0.15, 0.2) is 59.7 Å². The maximum atomic E-state index is 13.3. The molecule has 2 atom stereocenters. The van der Waals surface area contributed by atoms with Crippen LogP contribution in [0.1, 0.15) is 35.1 Å². The summed E-state index contributed by atoms with van der Waals surface area (Å²) >= 11 is 0. The second kappa shape index (κ2) is 6.69. The Balaban J connectivity index is 1.75. The maximum absolute atomic E-state index is 13.3. The number of Topliss-reactive ketones (excluding diaryl/α,β-unsaturated/α-hetero) is 1. The summed E-state index contributed by atoms with van der Waals surface area (Å²) in [4.78, 5) is 15.7. The van der Waals surface area contributed by atoms with E-state index in [0.29, 0.717) is 0 Å². The maximum Gasteiger partial charge on any atom is 0.188 e. The lowest BCUT2D eigenvalue weighted by atomic mass is 9.88. The van der Waals surface area contributed by atoms with Gasteiger partial charge in [0.1, 0.15) is 0 Å².